The zero-order chi connectivity index (χ0) is 19.8. The highest BCUT2D eigenvalue weighted by molar-refractivity contribution is 7.10. The van der Waals surface area contributed by atoms with Gasteiger partial charge in [-0.3, -0.25) is 9.59 Å². The zero-order valence-electron chi connectivity index (χ0n) is 16.4. The molecule has 0 saturated heterocycles. The molecule has 2 aromatic rings. The van der Waals surface area contributed by atoms with Crippen LogP contribution in [-0.4, -0.2) is 34.7 Å². The third-order valence-electron chi connectivity index (χ3n) is 4.35. The van der Waals surface area contributed by atoms with Crippen molar-refractivity contribution in [1.82, 2.24) is 9.80 Å². The number of amides is 2. The monoisotopic (exact) mass is 384 g/mol. The number of carbonyl (C=O) groups is 2. The minimum absolute atomic E-state index is 0.0322. The van der Waals surface area contributed by atoms with Gasteiger partial charge in [0.25, 0.3) is 0 Å². The SMILES string of the molecule is C=CCN(CC(=O)N(Cc1ccccc1)Cc1sccc1C)C(=O)C(C)C. The van der Waals surface area contributed by atoms with Gasteiger partial charge in [0.05, 0.1) is 6.54 Å². The van der Waals surface area contributed by atoms with Crippen LogP contribution in [-0.2, 0) is 22.7 Å². The lowest BCUT2D eigenvalue weighted by atomic mass is 10.1. The summed E-state index contributed by atoms with van der Waals surface area (Å²) in [5, 5.41) is 2.04. The third kappa shape index (κ3) is 6.07. The third-order valence-corrected chi connectivity index (χ3v) is 5.36. The lowest BCUT2D eigenvalue weighted by molar-refractivity contribution is -0.142. The van der Waals surface area contributed by atoms with Crippen molar-refractivity contribution in [2.24, 2.45) is 5.92 Å². The van der Waals surface area contributed by atoms with Crippen LogP contribution >= 0.6 is 11.3 Å². The second kappa shape index (κ2) is 10.1. The maximum atomic E-state index is 13.1. The maximum absolute atomic E-state index is 13.1. The average Bonchev–Trinajstić information content (AvgIpc) is 3.05. The van der Waals surface area contributed by atoms with Gasteiger partial charge in [0.1, 0.15) is 6.54 Å². The van der Waals surface area contributed by atoms with E-state index in [1.54, 1.807) is 22.3 Å². The zero-order valence-corrected chi connectivity index (χ0v) is 17.2. The molecular weight excluding hydrogens is 356 g/mol. The van der Waals surface area contributed by atoms with Crippen molar-refractivity contribution in [2.75, 3.05) is 13.1 Å². The summed E-state index contributed by atoms with van der Waals surface area (Å²) in [6.07, 6.45) is 1.67. The molecule has 1 aromatic carbocycles. The van der Waals surface area contributed by atoms with E-state index < -0.39 is 0 Å². The summed E-state index contributed by atoms with van der Waals surface area (Å²) >= 11 is 1.66. The van der Waals surface area contributed by atoms with E-state index in [0.717, 1.165) is 5.56 Å². The molecule has 0 unspecified atom stereocenters. The molecule has 2 rings (SSSR count). The molecule has 144 valence electrons. The number of benzene rings is 1. The first-order valence-electron chi connectivity index (χ1n) is 9.16. The minimum Gasteiger partial charge on any atom is -0.332 e. The predicted molar refractivity (Wildman–Crippen MR) is 111 cm³/mol. The highest BCUT2D eigenvalue weighted by Crippen LogP contribution is 2.20. The van der Waals surface area contributed by atoms with Gasteiger partial charge in [-0.1, -0.05) is 50.3 Å². The number of rotatable bonds is 9. The van der Waals surface area contributed by atoms with Crippen LogP contribution in [0.3, 0.4) is 0 Å². The largest absolute Gasteiger partial charge is 0.332 e. The fourth-order valence-corrected chi connectivity index (χ4v) is 3.71. The lowest BCUT2D eigenvalue weighted by Gasteiger charge is -2.28. The molecule has 1 aromatic heterocycles. The van der Waals surface area contributed by atoms with E-state index in [2.05, 4.69) is 19.6 Å². The Hall–Kier alpha value is -2.40. The van der Waals surface area contributed by atoms with Gasteiger partial charge in [0.2, 0.25) is 11.8 Å². The molecule has 27 heavy (non-hydrogen) atoms. The molecule has 2 amide bonds. The molecule has 0 spiro atoms. The van der Waals surface area contributed by atoms with E-state index in [1.807, 2.05) is 54.5 Å². The first-order valence-corrected chi connectivity index (χ1v) is 10.0. The number of hydrogen-bond acceptors (Lipinski definition) is 3. The van der Waals surface area contributed by atoms with Gasteiger partial charge in [-0.25, -0.2) is 0 Å². The number of aryl methyl sites for hydroxylation is 1. The van der Waals surface area contributed by atoms with Crippen LogP contribution in [0, 0.1) is 12.8 Å². The first-order chi connectivity index (χ1) is 12.9. The summed E-state index contributed by atoms with van der Waals surface area (Å²) < 4.78 is 0. The Bertz CT molecular complexity index is 768. The van der Waals surface area contributed by atoms with Gasteiger partial charge < -0.3 is 9.80 Å². The fourth-order valence-electron chi connectivity index (χ4n) is 2.79. The van der Waals surface area contributed by atoms with Crippen LogP contribution < -0.4 is 0 Å². The Balaban J connectivity index is 2.19. The van der Waals surface area contributed by atoms with Crippen molar-refractivity contribution >= 4 is 23.2 Å². The number of carbonyl (C=O) groups excluding carboxylic acids is 2. The van der Waals surface area contributed by atoms with Crippen molar-refractivity contribution in [3.8, 4) is 0 Å². The van der Waals surface area contributed by atoms with Gasteiger partial charge in [-0.2, -0.15) is 0 Å². The molecule has 4 nitrogen and oxygen atoms in total. The average molecular weight is 385 g/mol. The second-order valence-electron chi connectivity index (χ2n) is 6.92. The smallest absolute Gasteiger partial charge is 0.242 e. The van der Waals surface area contributed by atoms with Crippen molar-refractivity contribution in [2.45, 2.75) is 33.9 Å². The quantitative estimate of drug-likeness (QED) is 0.606. The standard InChI is InChI=1S/C22H28N2O2S/c1-5-12-23(22(26)17(2)3)16-21(25)24(14-19-9-7-6-8-10-19)15-20-18(4)11-13-27-20/h5-11,13,17H,1,12,14-16H2,2-4H3. The Morgan fingerprint density at radius 1 is 1.11 bits per heavy atom. The first kappa shape index (κ1) is 20.9. The van der Waals surface area contributed by atoms with Crippen molar-refractivity contribution in [3.63, 3.8) is 0 Å². The van der Waals surface area contributed by atoms with Crippen molar-refractivity contribution in [3.05, 3.63) is 70.4 Å². The number of nitrogens with zero attached hydrogens (tertiary/aromatic N) is 2. The van der Waals surface area contributed by atoms with E-state index in [4.69, 9.17) is 0 Å². The van der Waals surface area contributed by atoms with Gasteiger partial charge in [-0.15, -0.1) is 17.9 Å². The summed E-state index contributed by atoms with van der Waals surface area (Å²) in [5.41, 5.74) is 2.26. The maximum Gasteiger partial charge on any atom is 0.242 e. The molecule has 0 bridgehead atoms. The Labute approximate surface area is 166 Å². The number of thiophene rings is 1. The topological polar surface area (TPSA) is 40.6 Å². The van der Waals surface area contributed by atoms with E-state index in [1.165, 1.54) is 10.4 Å². The molecule has 0 atom stereocenters. The van der Waals surface area contributed by atoms with Gasteiger partial charge >= 0.3 is 0 Å². The van der Waals surface area contributed by atoms with E-state index in [-0.39, 0.29) is 24.3 Å². The fraction of sp³-hybridized carbons (Fsp3) is 0.364. The molecule has 0 fully saturated rings. The van der Waals surface area contributed by atoms with Crippen LogP contribution in [0.25, 0.3) is 0 Å². The Morgan fingerprint density at radius 3 is 2.37 bits per heavy atom. The second-order valence-corrected chi connectivity index (χ2v) is 7.92. The van der Waals surface area contributed by atoms with Gasteiger partial charge in [-0.05, 0) is 29.5 Å². The molecule has 0 N–H and O–H groups in total. The van der Waals surface area contributed by atoms with Gasteiger partial charge in [0.15, 0.2) is 0 Å². The summed E-state index contributed by atoms with van der Waals surface area (Å²) in [6.45, 7) is 11.0. The normalized spacial score (nSPS) is 10.7. The van der Waals surface area contributed by atoms with Crippen LogP contribution in [0.5, 0.6) is 0 Å². The van der Waals surface area contributed by atoms with Crippen LogP contribution in [0.15, 0.2) is 54.4 Å². The van der Waals surface area contributed by atoms with E-state index in [9.17, 15) is 9.59 Å². The molecular formula is C22H28N2O2S. The molecule has 0 radical (unpaired) electrons. The van der Waals surface area contributed by atoms with Crippen molar-refractivity contribution < 1.29 is 9.59 Å². The van der Waals surface area contributed by atoms with Gasteiger partial charge in [0, 0.05) is 23.9 Å². The molecule has 1 heterocycles. The number of hydrogen-bond donors (Lipinski definition) is 0. The van der Waals surface area contributed by atoms with Crippen LogP contribution in [0.2, 0.25) is 0 Å². The molecule has 0 saturated carbocycles. The van der Waals surface area contributed by atoms with E-state index >= 15 is 0 Å². The Kier molecular flexibility index (Phi) is 7.80. The predicted octanol–water partition coefficient (Wildman–Crippen LogP) is 4.26. The summed E-state index contributed by atoms with van der Waals surface area (Å²) in [4.78, 5) is 30.1. The highest BCUT2D eigenvalue weighted by atomic mass is 32.1. The molecule has 0 aliphatic carbocycles. The summed E-state index contributed by atoms with van der Waals surface area (Å²) in [7, 11) is 0. The molecule has 0 aliphatic rings. The highest BCUT2D eigenvalue weighted by Gasteiger charge is 2.23. The van der Waals surface area contributed by atoms with E-state index in [0.29, 0.717) is 19.6 Å². The van der Waals surface area contributed by atoms with Crippen LogP contribution in [0.4, 0.5) is 0 Å². The minimum atomic E-state index is -0.153. The molecule has 0 aliphatic heterocycles. The van der Waals surface area contributed by atoms with Crippen molar-refractivity contribution in [1.29, 1.82) is 0 Å². The lowest BCUT2D eigenvalue weighted by Crippen LogP contribution is -2.43. The Morgan fingerprint density at radius 2 is 1.81 bits per heavy atom. The summed E-state index contributed by atoms with van der Waals surface area (Å²) in [6, 6.07) is 12.0. The molecule has 5 heteroatoms. The summed E-state index contributed by atoms with van der Waals surface area (Å²) in [5.74, 6) is -0.238. The van der Waals surface area contributed by atoms with Crippen LogP contribution in [0.1, 0.15) is 29.9 Å².